The lowest BCUT2D eigenvalue weighted by molar-refractivity contribution is -0.159. The Hall–Kier alpha value is -3.33. The summed E-state index contributed by atoms with van der Waals surface area (Å²) in [6, 6.07) is 8.32. The maximum Gasteiger partial charge on any atom is 0.417 e. The van der Waals surface area contributed by atoms with Crippen molar-refractivity contribution in [1.29, 1.82) is 0 Å². The topological polar surface area (TPSA) is 127 Å². The van der Waals surface area contributed by atoms with Gasteiger partial charge in [0, 0.05) is 20.0 Å². The number of allylic oxidation sites excluding steroid dienone is 1. The molecule has 0 saturated carbocycles. The molecule has 9 heteroatoms. The molecule has 1 aromatic carbocycles. The van der Waals surface area contributed by atoms with E-state index in [1.165, 1.54) is 0 Å². The number of carbonyl (C=O) groups is 5. The highest BCUT2D eigenvalue weighted by Crippen LogP contribution is 2.36. The SMILES string of the molecule is CC(=O)O[C@H](C(=O)C=CC(=O)CCCCCCO)[C@H](Cc1ccccc1)C(=O)N1C(=O)OC(C)(C)[C@@H]1C(C)C. The lowest BCUT2D eigenvalue weighted by Gasteiger charge is -2.34. The van der Waals surface area contributed by atoms with E-state index in [1.54, 1.807) is 38.1 Å². The highest BCUT2D eigenvalue weighted by molar-refractivity contribution is 6.05. The van der Waals surface area contributed by atoms with Crippen molar-refractivity contribution in [2.75, 3.05) is 6.61 Å². The predicted molar refractivity (Wildman–Crippen MR) is 145 cm³/mol. The summed E-state index contributed by atoms with van der Waals surface area (Å²) >= 11 is 0. The number of aliphatic hydroxyl groups excluding tert-OH is 1. The third-order valence-corrected chi connectivity index (χ3v) is 6.73. The van der Waals surface area contributed by atoms with Gasteiger partial charge < -0.3 is 14.6 Å². The van der Waals surface area contributed by atoms with Crippen molar-refractivity contribution in [3.05, 3.63) is 48.0 Å². The number of ketones is 2. The molecule has 1 heterocycles. The zero-order valence-corrected chi connectivity index (χ0v) is 23.6. The first-order valence-electron chi connectivity index (χ1n) is 13.5. The normalized spacial score (nSPS) is 18.2. The van der Waals surface area contributed by atoms with Crippen LogP contribution in [-0.2, 0) is 35.1 Å². The van der Waals surface area contributed by atoms with E-state index in [9.17, 15) is 24.0 Å². The third-order valence-electron chi connectivity index (χ3n) is 6.73. The van der Waals surface area contributed by atoms with Crippen molar-refractivity contribution in [2.24, 2.45) is 11.8 Å². The molecule has 0 spiro atoms. The van der Waals surface area contributed by atoms with E-state index >= 15 is 0 Å². The largest absolute Gasteiger partial charge is 0.453 e. The summed E-state index contributed by atoms with van der Waals surface area (Å²) in [5.41, 5.74) is -0.250. The van der Waals surface area contributed by atoms with Gasteiger partial charge in [-0.15, -0.1) is 0 Å². The molecule has 1 N–H and O–H groups in total. The number of aliphatic hydroxyl groups is 1. The number of nitrogens with zero attached hydrogens (tertiary/aromatic N) is 1. The molecule has 0 aliphatic carbocycles. The van der Waals surface area contributed by atoms with Crippen LogP contribution in [0.15, 0.2) is 42.5 Å². The Bertz CT molecular complexity index is 1050. The van der Waals surface area contributed by atoms with E-state index in [-0.39, 0.29) is 31.1 Å². The van der Waals surface area contributed by atoms with Gasteiger partial charge in [0.2, 0.25) is 5.91 Å². The highest BCUT2D eigenvalue weighted by Gasteiger charge is 2.54. The van der Waals surface area contributed by atoms with E-state index in [1.807, 2.05) is 19.9 Å². The van der Waals surface area contributed by atoms with Crippen LogP contribution in [0.2, 0.25) is 0 Å². The minimum absolute atomic E-state index is 0.0189. The Morgan fingerprint density at radius 1 is 1.05 bits per heavy atom. The summed E-state index contributed by atoms with van der Waals surface area (Å²) in [6.07, 6.45) is 2.92. The Morgan fingerprint density at radius 2 is 1.69 bits per heavy atom. The molecule has 0 unspecified atom stereocenters. The fraction of sp³-hybridized carbons (Fsp3) is 0.567. The maximum absolute atomic E-state index is 14.0. The molecule has 0 radical (unpaired) electrons. The van der Waals surface area contributed by atoms with Crippen LogP contribution in [0.3, 0.4) is 0 Å². The smallest absolute Gasteiger partial charge is 0.417 e. The Balaban J connectivity index is 2.38. The van der Waals surface area contributed by atoms with Crippen LogP contribution in [0.4, 0.5) is 4.79 Å². The molecule has 39 heavy (non-hydrogen) atoms. The van der Waals surface area contributed by atoms with Crippen molar-refractivity contribution in [1.82, 2.24) is 4.90 Å². The number of hydrogen-bond acceptors (Lipinski definition) is 8. The molecule has 1 fully saturated rings. The van der Waals surface area contributed by atoms with E-state index in [0.717, 1.165) is 36.8 Å². The summed E-state index contributed by atoms with van der Waals surface area (Å²) in [5, 5.41) is 8.86. The second kappa shape index (κ2) is 14.7. The molecule has 2 rings (SSSR count). The summed E-state index contributed by atoms with van der Waals surface area (Å²) in [4.78, 5) is 65.7. The lowest BCUT2D eigenvalue weighted by Crippen LogP contribution is -2.53. The Labute approximate surface area is 230 Å². The third kappa shape index (κ3) is 9.13. The Morgan fingerprint density at radius 3 is 2.28 bits per heavy atom. The second-order valence-corrected chi connectivity index (χ2v) is 10.8. The molecule has 3 atom stereocenters. The van der Waals surface area contributed by atoms with Gasteiger partial charge in [-0.05, 0) is 56.7 Å². The van der Waals surface area contributed by atoms with E-state index in [0.29, 0.717) is 18.4 Å². The van der Waals surface area contributed by atoms with Gasteiger partial charge in [-0.1, -0.05) is 57.0 Å². The zero-order chi connectivity index (χ0) is 29.2. The van der Waals surface area contributed by atoms with Gasteiger partial charge in [-0.2, -0.15) is 0 Å². The number of amides is 2. The quantitative estimate of drug-likeness (QED) is 0.198. The maximum atomic E-state index is 14.0. The molecule has 1 aliphatic heterocycles. The number of hydrogen-bond donors (Lipinski definition) is 1. The van der Waals surface area contributed by atoms with Crippen molar-refractivity contribution in [3.63, 3.8) is 0 Å². The van der Waals surface area contributed by atoms with Gasteiger partial charge in [0.15, 0.2) is 17.7 Å². The van der Waals surface area contributed by atoms with Crippen LogP contribution in [-0.4, -0.2) is 63.9 Å². The molecule has 0 bridgehead atoms. The number of unbranched alkanes of at least 4 members (excludes halogenated alkanes) is 3. The van der Waals surface area contributed by atoms with Gasteiger partial charge in [0.05, 0.1) is 12.0 Å². The monoisotopic (exact) mass is 543 g/mol. The number of cyclic esters (lactones) is 1. The average Bonchev–Trinajstić information content (AvgIpc) is 3.12. The van der Waals surface area contributed by atoms with E-state index in [2.05, 4.69) is 0 Å². The predicted octanol–water partition coefficient (Wildman–Crippen LogP) is 4.20. The highest BCUT2D eigenvalue weighted by atomic mass is 16.6. The molecular formula is C30H41NO8. The van der Waals surface area contributed by atoms with Crippen molar-refractivity contribution >= 4 is 29.5 Å². The second-order valence-electron chi connectivity index (χ2n) is 10.8. The van der Waals surface area contributed by atoms with Gasteiger partial charge in [0.1, 0.15) is 5.60 Å². The van der Waals surface area contributed by atoms with Crippen LogP contribution in [0.25, 0.3) is 0 Å². The first-order valence-corrected chi connectivity index (χ1v) is 13.5. The van der Waals surface area contributed by atoms with E-state index in [4.69, 9.17) is 14.6 Å². The number of imide groups is 1. The molecule has 1 aliphatic rings. The Kier molecular flexibility index (Phi) is 12.0. The molecule has 214 valence electrons. The molecule has 9 nitrogen and oxygen atoms in total. The zero-order valence-electron chi connectivity index (χ0n) is 23.6. The molecular weight excluding hydrogens is 502 g/mol. The average molecular weight is 544 g/mol. The molecule has 1 saturated heterocycles. The van der Waals surface area contributed by atoms with Crippen molar-refractivity contribution in [2.45, 2.75) is 90.9 Å². The van der Waals surface area contributed by atoms with Crippen LogP contribution >= 0.6 is 0 Å². The lowest BCUT2D eigenvalue weighted by atomic mass is 9.85. The summed E-state index contributed by atoms with van der Waals surface area (Å²) < 4.78 is 10.9. The minimum Gasteiger partial charge on any atom is -0.453 e. The molecule has 1 aromatic rings. The number of benzene rings is 1. The standard InChI is InChI=1S/C30H41NO8/c1-20(2)27-30(4,5)39-29(37)31(27)28(36)24(19-22-13-9-8-10-14-22)26(38-21(3)33)25(35)17-16-23(34)15-11-6-7-12-18-32/h8-10,13-14,16-17,20,24,26-27,32H,6-7,11-12,15,18-19H2,1-5H3/t24-,26-,27-/m0/s1. The first-order chi connectivity index (χ1) is 18.4. The fourth-order valence-corrected chi connectivity index (χ4v) is 5.09. The van der Waals surface area contributed by atoms with Crippen molar-refractivity contribution < 1.29 is 38.6 Å². The van der Waals surface area contributed by atoms with Gasteiger partial charge >= 0.3 is 12.1 Å². The first kappa shape index (κ1) is 31.9. The number of esters is 1. The van der Waals surface area contributed by atoms with E-state index < -0.39 is 47.4 Å². The minimum atomic E-state index is -1.55. The van der Waals surface area contributed by atoms with Gasteiger partial charge in [0.25, 0.3) is 0 Å². The van der Waals surface area contributed by atoms with Gasteiger partial charge in [-0.25, -0.2) is 9.69 Å². The summed E-state index contributed by atoms with van der Waals surface area (Å²) in [5.74, 6) is -3.83. The van der Waals surface area contributed by atoms with Crippen LogP contribution in [0, 0.1) is 11.8 Å². The number of carbonyl (C=O) groups excluding carboxylic acids is 5. The van der Waals surface area contributed by atoms with Crippen LogP contribution in [0.5, 0.6) is 0 Å². The fourth-order valence-electron chi connectivity index (χ4n) is 5.09. The van der Waals surface area contributed by atoms with Crippen LogP contribution < -0.4 is 0 Å². The number of ether oxygens (including phenoxy) is 2. The van der Waals surface area contributed by atoms with Crippen LogP contribution in [0.1, 0.15) is 72.3 Å². The molecule has 0 aromatic heterocycles. The summed E-state index contributed by atoms with van der Waals surface area (Å²) in [6.45, 7) is 8.42. The summed E-state index contributed by atoms with van der Waals surface area (Å²) in [7, 11) is 0. The van der Waals surface area contributed by atoms with Crippen molar-refractivity contribution in [3.8, 4) is 0 Å². The van der Waals surface area contributed by atoms with Gasteiger partial charge in [-0.3, -0.25) is 19.2 Å². The molecule has 2 amide bonds. The number of rotatable bonds is 15.